The molecule has 0 atom stereocenters. The van der Waals surface area contributed by atoms with Crippen LogP contribution in [0.25, 0.3) is 116 Å². The van der Waals surface area contributed by atoms with Gasteiger partial charge in [0.05, 0.1) is 16.7 Å². The molecule has 59 heavy (non-hydrogen) atoms. The van der Waals surface area contributed by atoms with Gasteiger partial charge in [-0.15, -0.1) is 0 Å². The Balaban J connectivity index is 1.27. The van der Waals surface area contributed by atoms with Crippen molar-refractivity contribution in [2.45, 2.75) is 0 Å². The number of hydrogen-bond acceptors (Lipinski definition) is 3. The number of fused-ring (bicyclic) bond motifs is 7. The largest absolute Gasteiger partial charge is 0.309 e. The van der Waals surface area contributed by atoms with E-state index in [-0.39, 0.29) is 0 Å². The van der Waals surface area contributed by atoms with Crippen molar-refractivity contribution in [1.29, 1.82) is 0 Å². The quantitative estimate of drug-likeness (QED) is 0.176. The lowest BCUT2D eigenvalue weighted by atomic mass is 9.89. The van der Waals surface area contributed by atoms with Crippen molar-refractivity contribution in [2.24, 2.45) is 0 Å². The second kappa shape index (κ2) is 13.3. The van der Waals surface area contributed by atoms with E-state index in [0.717, 1.165) is 49.7 Å². The summed E-state index contributed by atoms with van der Waals surface area (Å²) in [5, 5.41) is 11.8. The number of benzene rings is 10. The molecule has 4 nitrogen and oxygen atoms in total. The summed E-state index contributed by atoms with van der Waals surface area (Å²) in [6.07, 6.45) is 0. The van der Waals surface area contributed by atoms with Crippen LogP contribution in [-0.4, -0.2) is 19.5 Å². The van der Waals surface area contributed by atoms with Gasteiger partial charge < -0.3 is 4.57 Å². The minimum Gasteiger partial charge on any atom is -0.309 e. The second-order valence-corrected chi connectivity index (χ2v) is 15.2. The molecular weight excluding hydrogens is 717 g/mol. The highest BCUT2D eigenvalue weighted by molar-refractivity contribution is 6.19. The monoisotopic (exact) mass is 750 g/mol. The lowest BCUT2D eigenvalue weighted by Crippen LogP contribution is -2.04. The third-order valence-corrected chi connectivity index (χ3v) is 11.8. The van der Waals surface area contributed by atoms with Crippen LogP contribution in [0.15, 0.2) is 206 Å². The summed E-state index contributed by atoms with van der Waals surface area (Å²) < 4.78 is 2.49. The van der Waals surface area contributed by atoms with E-state index < -0.39 is 0 Å². The second-order valence-electron chi connectivity index (χ2n) is 15.2. The number of aromatic nitrogens is 4. The Morgan fingerprint density at radius 2 is 0.729 bits per heavy atom. The van der Waals surface area contributed by atoms with Gasteiger partial charge in [-0.25, -0.2) is 15.0 Å². The first-order chi connectivity index (χ1) is 29.2. The van der Waals surface area contributed by atoms with Gasteiger partial charge >= 0.3 is 0 Å². The average Bonchev–Trinajstić information content (AvgIpc) is 3.61. The molecule has 0 N–H and O–H groups in total. The van der Waals surface area contributed by atoms with E-state index in [1.165, 1.54) is 48.7 Å². The van der Waals surface area contributed by atoms with Crippen LogP contribution in [0.5, 0.6) is 0 Å². The molecule has 0 unspecified atom stereocenters. The standard InChI is InChI=1S/C55H34N4/c1-3-17-36(18-4-1)53-56-54(37-19-5-2-6-20-37)58-55(57-53)48-34-51(52(45-28-14-13-27-43(45)48)44-29-15-25-35-16-11-12-26-42(35)44)59-49-32-40-23-9-7-21-38(40)30-46(49)47-31-39-22-8-10-24-41(39)33-50(47)59/h1-34H. The first kappa shape index (κ1) is 33.2. The van der Waals surface area contributed by atoms with Crippen LogP contribution >= 0.6 is 0 Å². The molecule has 2 heterocycles. The van der Waals surface area contributed by atoms with Gasteiger partial charge in [0.25, 0.3) is 0 Å². The maximum atomic E-state index is 5.30. The van der Waals surface area contributed by atoms with Crippen molar-refractivity contribution in [3.8, 4) is 51.0 Å². The fourth-order valence-electron chi connectivity index (χ4n) is 9.02. The zero-order valence-corrected chi connectivity index (χ0v) is 31.9. The molecule has 12 rings (SSSR count). The molecule has 4 heteroatoms. The van der Waals surface area contributed by atoms with Gasteiger partial charge in [-0.1, -0.05) is 176 Å². The molecule has 0 spiro atoms. The van der Waals surface area contributed by atoms with Gasteiger partial charge in [0, 0.05) is 33.0 Å². The minimum absolute atomic E-state index is 0.622. The first-order valence-corrected chi connectivity index (χ1v) is 20.0. The fraction of sp³-hybridized carbons (Fsp3) is 0. The Kier molecular flexibility index (Phi) is 7.50. The van der Waals surface area contributed by atoms with Crippen LogP contribution in [-0.2, 0) is 0 Å². The summed E-state index contributed by atoms with van der Waals surface area (Å²) in [6.45, 7) is 0. The smallest absolute Gasteiger partial charge is 0.164 e. The molecule has 12 aromatic rings. The van der Waals surface area contributed by atoms with Gasteiger partial charge in [0.15, 0.2) is 17.5 Å². The third kappa shape index (κ3) is 5.42. The number of nitrogens with zero attached hydrogens (tertiary/aromatic N) is 4. The van der Waals surface area contributed by atoms with Gasteiger partial charge in [-0.3, -0.25) is 0 Å². The van der Waals surface area contributed by atoms with Crippen LogP contribution in [0.2, 0.25) is 0 Å². The highest BCUT2D eigenvalue weighted by Crippen LogP contribution is 2.46. The minimum atomic E-state index is 0.622. The highest BCUT2D eigenvalue weighted by atomic mass is 15.0. The van der Waals surface area contributed by atoms with E-state index in [9.17, 15) is 0 Å². The molecule has 0 bridgehead atoms. The Bertz CT molecular complexity index is 3450. The van der Waals surface area contributed by atoms with Gasteiger partial charge in [-0.2, -0.15) is 0 Å². The van der Waals surface area contributed by atoms with Crippen molar-refractivity contribution in [2.75, 3.05) is 0 Å². The molecule has 0 fully saturated rings. The molecule has 0 saturated heterocycles. The molecule has 0 aliphatic rings. The average molecular weight is 751 g/mol. The maximum absolute atomic E-state index is 5.30. The van der Waals surface area contributed by atoms with E-state index in [0.29, 0.717) is 17.5 Å². The van der Waals surface area contributed by atoms with Crippen LogP contribution in [0, 0.1) is 0 Å². The van der Waals surface area contributed by atoms with Crippen molar-refractivity contribution < 1.29 is 0 Å². The van der Waals surface area contributed by atoms with Gasteiger partial charge in [-0.05, 0) is 79.0 Å². The molecule has 0 saturated carbocycles. The van der Waals surface area contributed by atoms with E-state index >= 15 is 0 Å². The predicted octanol–water partition coefficient (Wildman–Crippen LogP) is 14.2. The number of hydrogen-bond donors (Lipinski definition) is 0. The number of rotatable bonds is 5. The van der Waals surface area contributed by atoms with Crippen LogP contribution in [0.1, 0.15) is 0 Å². The first-order valence-electron chi connectivity index (χ1n) is 20.0. The molecule has 2 aromatic heterocycles. The van der Waals surface area contributed by atoms with Gasteiger partial charge in [0.1, 0.15) is 0 Å². The molecule has 0 amide bonds. The van der Waals surface area contributed by atoms with E-state index in [1.807, 2.05) is 36.4 Å². The lowest BCUT2D eigenvalue weighted by molar-refractivity contribution is 1.07. The topological polar surface area (TPSA) is 43.6 Å². The Hall–Kier alpha value is -7.95. The summed E-state index contributed by atoms with van der Waals surface area (Å²) in [5.74, 6) is 1.89. The molecular formula is C55H34N4. The zero-order valence-electron chi connectivity index (χ0n) is 31.9. The van der Waals surface area contributed by atoms with Crippen LogP contribution in [0.3, 0.4) is 0 Å². The van der Waals surface area contributed by atoms with E-state index in [4.69, 9.17) is 15.0 Å². The molecule has 0 radical (unpaired) electrons. The Labute approximate surface area is 340 Å². The summed E-state index contributed by atoms with van der Waals surface area (Å²) in [4.78, 5) is 15.7. The third-order valence-electron chi connectivity index (χ3n) is 11.8. The summed E-state index contributed by atoms with van der Waals surface area (Å²) in [6, 6.07) is 73.7. The molecule has 0 aliphatic carbocycles. The van der Waals surface area contributed by atoms with Crippen molar-refractivity contribution in [1.82, 2.24) is 19.5 Å². The molecule has 274 valence electrons. The van der Waals surface area contributed by atoms with Gasteiger partial charge in [0.2, 0.25) is 0 Å². The Morgan fingerprint density at radius 1 is 0.288 bits per heavy atom. The van der Waals surface area contributed by atoms with Crippen LogP contribution < -0.4 is 0 Å². The predicted molar refractivity (Wildman–Crippen MR) is 246 cm³/mol. The summed E-state index contributed by atoms with van der Waals surface area (Å²) in [7, 11) is 0. The van der Waals surface area contributed by atoms with Crippen molar-refractivity contribution in [3.05, 3.63) is 206 Å². The summed E-state index contributed by atoms with van der Waals surface area (Å²) in [5.41, 5.74) is 8.48. The molecule has 0 aliphatic heterocycles. The van der Waals surface area contributed by atoms with E-state index in [2.05, 4.69) is 174 Å². The fourth-order valence-corrected chi connectivity index (χ4v) is 9.02. The zero-order chi connectivity index (χ0) is 38.9. The van der Waals surface area contributed by atoms with Crippen LogP contribution in [0.4, 0.5) is 0 Å². The normalized spacial score (nSPS) is 11.7. The van der Waals surface area contributed by atoms with E-state index in [1.54, 1.807) is 0 Å². The SMILES string of the molecule is c1ccc(-c2nc(-c3ccccc3)nc(-c3cc(-n4c5cc6ccccc6cc5c5cc6ccccc6cc54)c(-c4cccc5ccccc45)c4ccccc34)n2)cc1. The Morgan fingerprint density at radius 3 is 1.31 bits per heavy atom. The van der Waals surface area contributed by atoms with Crippen molar-refractivity contribution in [3.63, 3.8) is 0 Å². The van der Waals surface area contributed by atoms with Crippen molar-refractivity contribution >= 4 is 64.9 Å². The molecule has 10 aromatic carbocycles. The maximum Gasteiger partial charge on any atom is 0.164 e. The lowest BCUT2D eigenvalue weighted by Gasteiger charge is -2.21. The highest BCUT2D eigenvalue weighted by Gasteiger charge is 2.24. The summed E-state index contributed by atoms with van der Waals surface area (Å²) >= 11 is 0.